The Morgan fingerprint density at radius 1 is 1.38 bits per heavy atom. The maximum atomic E-state index is 11.8. The average Bonchev–Trinajstić information content (AvgIpc) is 2.28. The van der Waals surface area contributed by atoms with E-state index in [1.54, 1.807) is 19.2 Å². The second-order valence-corrected chi connectivity index (χ2v) is 4.28. The number of ether oxygens (including phenoxy) is 2. The lowest BCUT2D eigenvalue weighted by atomic mass is 10.1. The van der Waals surface area contributed by atoms with Gasteiger partial charge in [-0.1, -0.05) is 0 Å². The van der Waals surface area contributed by atoms with Crippen molar-refractivity contribution in [2.75, 3.05) is 26.8 Å². The van der Waals surface area contributed by atoms with E-state index in [9.17, 15) is 4.79 Å². The number of Topliss-reactive ketones (excluding diaryl/α,β-unsaturated/α-hetero) is 1. The largest absolute Gasteiger partial charge is 0.486 e. The van der Waals surface area contributed by atoms with E-state index >= 15 is 0 Å². The minimum atomic E-state index is 0.0198. The molecule has 2 rings (SSSR count). The summed E-state index contributed by atoms with van der Waals surface area (Å²) in [5, 5.41) is 2.83. The van der Waals surface area contributed by atoms with Gasteiger partial charge in [-0.25, -0.2) is 0 Å². The van der Waals surface area contributed by atoms with Crippen molar-refractivity contribution in [2.24, 2.45) is 0 Å². The Kier molecular flexibility index (Phi) is 3.46. The molecule has 1 aliphatic heterocycles. The van der Waals surface area contributed by atoms with Gasteiger partial charge in [0.05, 0.1) is 6.54 Å². The quantitative estimate of drug-likeness (QED) is 0.858. The molecule has 16 heavy (non-hydrogen) atoms. The van der Waals surface area contributed by atoms with Crippen molar-refractivity contribution in [3.8, 4) is 11.5 Å². The molecule has 1 N–H and O–H groups in total. The lowest BCUT2D eigenvalue weighted by molar-refractivity contribution is 0.0991. The second-order valence-electron chi connectivity index (χ2n) is 3.43. The number of fused-ring (bicyclic) bond motifs is 1. The summed E-state index contributed by atoms with van der Waals surface area (Å²) < 4.78 is 11.6. The Bertz CT molecular complexity index is 420. The van der Waals surface area contributed by atoms with Gasteiger partial charge in [0, 0.05) is 10.0 Å². The molecule has 0 spiro atoms. The molecule has 4 nitrogen and oxygen atoms in total. The number of rotatable bonds is 3. The Hall–Kier alpha value is -1.07. The van der Waals surface area contributed by atoms with E-state index in [4.69, 9.17) is 9.47 Å². The number of carbonyl (C=O) groups is 1. The Morgan fingerprint density at radius 3 is 2.62 bits per heavy atom. The molecule has 0 amide bonds. The highest BCUT2D eigenvalue weighted by Gasteiger charge is 2.18. The number of carbonyl (C=O) groups excluding carboxylic acids is 1. The van der Waals surface area contributed by atoms with Gasteiger partial charge >= 0.3 is 0 Å². The summed E-state index contributed by atoms with van der Waals surface area (Å²) in [5.74, 6) is 1.33. The average molecular weight is 286 g/mol. The van der Waals surface area contributed by atoms with Gasteiger partial charge in [0.15, 0.2) is 17.3 Å². The highest BCUT2D eigenvalue weighted by molar-refractivity contribution is 9.10. The summed E-state index contributed by atoms with van der Waals surface area (Å²) in [6.45, 7) is 1.37. The van der Waals surface area contributed by atoms with E-state index in [0.717, 1.165) is 4.47 Å². The van der Waals surface area contributed by atoms with Gasteiger partial charge < -0.3 is 14.8 Å². The van der Waals surface area contributed by atoms with Crippen molar-refractivity contribution < 1.29 is 14.3 Å². The highest BCUT2D eigenvalue weighted by Crippen LogP contribution is 2.35. The molecule has 1 aliphatic rings. The molecule has 0 radical (unpaired) electrons. The fraction of sp³-hybridized carbons (Fsp3) is 0.364. The first-order valence-corrected chi connectivity index (χ1v) is 5.78. The lowest BCUT2D eigenvalue weighted by Crippen LogP contribution is -2.20. The van der Waals surface area contributed by atoms with Gasteiger partial charge in [0.1, 0.15) is 13.2 Å². The van der Waals surface area contributed by atoms with Crippen LogP contribution in [0.1, 0.15) is 10.4 Å². The van der Waals surface area contributed by atoms with Gasteiger partial charge in [0.2, 0.25) is 0 Å². The molecule has 0 saturated carbocycles. The van der Waals surface area contributed by atoms with Gasteiger partial charge in [-0.3, -0.25) is 4.79 Å². The van der Waals surface area contributed by atoms with Crippen molar-refractivity contribution in [1.29, 1.82) is 0 Å². The molecule has 5 heteroatoms. The van der Waals surface area contributed by atoms with Crippen LogP contribution in [0.15, 0.2) is 16.6 Å². The van der Waals surface area contributed by atoms with Crippen LogP contribution in [0.3, 0.4) is 0 Å². The van der Waals surface area contributed by atoms with Crippen molar-refractivity contribution in [2.45, 2.75) is 0 Å². The summed E-state index contributed by atoms with van der Waals surface area (Å²) in [7, 11) is 1.74. The lowest BCUT2D eigenvalue weighted by Gasteiger charge is -2.19. The zero-order valence-corrected chi connectivity index (χ0v) is 10.5. The molecule has 1 aromatic carbocycles. The summed E-state index contributed by atoms with van der Waals surface area (Å²) in [5.41, 5.74) is 0.610. The standard InChI is InChI=1S/C11H12BrNO3/c1-13-6-9(14)7-4-10-11(5-8(7)12)16-3-2-15-10/h4-5,13H,2-3,6H2,1H3. The summed E-state index contributed by atoms with van der Waals surface area (Å²) in [4.78, 5) is 11.8. The molecule has 0 aromatic heterocycles. The molecule has 86 valence electrons. The zero-order valence-electron chi connectivity index (χ0n) is 8.88. The van der Waals surface area contributed by atoms with Crippen molar-refractivity contribution in [1.82, 2.24) is 5.32 Å². The van der Waals surface area contributed by atoms with E-state index in [1.807, 2.05) is 0 Å². The fourth-order valence-corrected chi connectivity index (χ4v) is 2.08. The molecule has 0 unspecified atom stereocenters. The molecule has 1 aromatic rings. The van der Waals surface area contributed by atoms with Gasteiger partial charge in [-0.05, 0) is 35.1 Å². The van der Waals surface area contributed by atoms with Crippen LogP contribution in [-0.2, 0) is 0 Å². The summed E-state index contributed by atoms with van der Waals surface area (Å²) >= 11 is 3.36. The van der Waals surface area contributed by atoms with Crippen LogP contribution in [0.25, 0.3) is 0 Å². The topological polar surface area (TPSA) is 47.6 Å². The number of halogens is 1. The van der Waals surface area contributed by atoms with Crippen molar-refractivity contribution in [3.63, 3.8) is 0 Å². The minimum absolute atomic E-state index is 0.0198. The van der Waals surface area contributed by atoms with E-state index < -0.39 is 0 Å². The number of ketones is 1. The van der Waals surface area contributed by atoms with Crippen molar-refractivity contribution in [3.05, 3.63) is 22.2 Å². The number of benzene rings is 1. The molecule has 1 heterocycles. The number of hydrogen-bond acceptors (Lipinski definition) is 4. The minimum Gasteiger partial charge on any atom is -0.486 e. The summed E-state index contributed by atoms with van der Waals surface area (Å²) in [6, 6.07) is 3.50. The molecular weight excluding hydrogens is 274 g/mol. The number of hydrogen-bond donors (Lipinski definition) is 1. The maximum absolute atomic E-state index is 11.8. The van der Waals surface area contributed by atoms with Crippen molar-refractivity contribution >= 4 is 21.7 Å². The first-order chi connectivity index (χ1) is 7.72. The second kappa shape index (κ2) is 4.84. The van der Waals surface area contributed by atoms with E-state index in [-0.39, 0.29) is 5.78 Å². The first-order valence-electron chi connectivity index (χ1n) is 4.99. The smallest absolute Gasteiger partial charge is 0.177 e. The molecule has 0 saturated heterocycles. The van der Waals surface area contributed by atoms with Gasteiger partial charge in [-0.15, -0.1) is 0 Å². The van der Waals surface area contributed by atoms with E-state index in [0.29, 0.717) is 36.8 Å². The zero-order chi connectivity index (χ0) is 11.5. The fourth-order valence-electron chi connectivity index (χ4n) is 1.53. The Labute approximate surface area is 102 Å². The first kappa shape index (κ1) is 11.4. The van der Waals surface area contributed by atoms with E-state index in [1.165, 1.54) is 0 Å². The predicted molar refractivity (Wildman–Crippen MR) is 63.4 cm³/mol. The SMILES string of the molecule is CNCC(=O)c1cc2c(cc1Br)OCCO2. The van der Waals surface area contributed by atoms with Crippen LogP contribution < -0.4 is 14.8 Å². The Balaban J connectivity index is 2.35. The Morgan fingerprint density at radius 2 is 2.00 bits per heavy atom. The van der Waals surface area contributed by atoms with Crippen LogP contribution in [-0.4, -0.2) is 32.6 Å². The van der Waals surface area contributed by atoms with Gasteiger partial charge in [0.25, 0.3) is 0 Å². The third-order valence-electron chi connectivity index (χ3n) is 2.27. The monoisotopic (exact) mass is 285 g/mol. The summed E-state index contributed by atoms with van der Waals surface area (Å²) in [6.07, 6.45) is 0. The molecule has 0 fully saturated rings. The van der Waals surface area contributed by atoms with Crippen LogP contribution in [0.4, 0.5) is 0 Å². The molecule has 0 aliphatic carbocycles. The van der Waals surface area contributed by atoms with E-state index in [2.05, 4.69) is 21.2 Å². The normalized spacial score (nSPS) is 13.6. The third-order valence-corrected chi connectivity index (χ3v) is 2.93. The van der Waals surface area contributed by atoms with Crippen LogP contribution in [0, 0.1) is 0 Å². The number of nitrogens with one attached hydrogen (secondary N) is 1. The molecule has 0 bridgehead atoms. The third kappa shape index (κ3) is 2.20. The van der Waals surface area contributed by atoms with Crippen LogP contribution in [0.5, 0.6) is 11.5 Å². The van der Waals surface area contributed by atoms with Gasteiger partial charge in [-0.2, -0.15) is 0 Å². The highest BCUT2D eigenvalue weighted by atomic mass is 79.9. The van der Waals surface area contributed by atoms with Crippen LogP contribution >= 0.6 is 15.9 Å². The molecular formula is C11H12BrNO3. The maximum Gasteiger partial charge on any atom is 0.177 e. The number of likely N-dealkylation sites (N-methyl/N-ethyl adjacent to an activating group) is 1. The van der Waals surface area contributed by atoms with Crippen LogP contribution in [0.2, 0.25) is 0 Å². The molecule has 0 atom stereocenters. The predicted octanol–water partition coefficient (Wildman–Crippen LogP) is 1.62.